The highest BCUT2D eigenvalue weighted by atomic mass is 16.6. The van der Waals surface area contributed by atoms with Crippen molar-refractivity contribution in [3.8, 4) is 0 Å². The number of hydrogen-bond acceptors (Lipinski definition) is 2. The molecule has 0 aliphatic heterocycles. The molecule has 0 aromatic carbocycles. The molecule has 0 aromatic heterocycles. The predicted molar refractivity (Wildman–Crippen MR) is 113 cm³/mol. The van der Waals surface area contributed by atoms with Crippen LogP contribution in [0.5, 0.6) is 0 Å². The highest BCUT2D eigenvalue weighted by Gasteiger charge is 2.16. The molecule has 26 heavy (non-hydrogen) atoms. The maximum atomic E-state index is 10.8. The summed E-state index contributed by atoms with van der Waals surface area (Å²) in [5.74, 6) is 0.212. The monoisotopic (exact) mass is 367 g/mol. The summed E-state index contributed by atoms with van der Waals surface area (Å²) in [6.07, 6.45) is 22.7. The lowest BCUT2D eigenvalue weighted by molar-refractivity contribution is 0.0898. The summed E-state index contributed by atoms with van der Waals surface area (Å²) in [6, 6.07) is 0. The summed E-state index contributed by atoms with van der Waals surface area (Å²) < 4.78 is 5.05. The molecule has 3 nitrogen and oxygen atoms in total. The molecule has 0 spiro atoms. The van der Waals surface area contributed by atoms with Crippen LogP contribution in [0.25, 0.3) is 0 Å². The van der Waals surface area contributed by atoms with E-state index in [0.717, 1.165) is 6.42 Å². The number of ether oxygens (including phenoxy) is 1. The molecule has 0 bridgehead atoms. The van der Waals surface area contributed by atoms with E-state index in [-0.39, 0.29) is 12.0 Å². The third-order valence-corrected chi connectivity index (χ3v) is 5.35. The Kier molecular flexibility index (Phi) is 18.1. The Bertz CT molecular complexity index is 330. The van der Waals surface area contributed by atoms with E-state index in [9.17, 15) is 4.79 Å². The summed E-state index contributed by atoms with van der Waals surface area (Å²) in [5.41, 5.74) is 5.08. The van der Waals surface area contributed by atoms with Crippen molar-refractivity contribution in [1.82, 2.24) is 0 Å². The molecule has 2 atom stereocenters. The van der Waals surface area contributed by atoms with Gasteiger partial charge in [0.15, 0.2) is 0 Å². The molecule has 2 N–H and O–H groups in total. The second kappa shape index (κ2) is 18.8. The zero-order valence-corrected chi connectivity index (χ0v) is 17.6. The van der Waals surface area contributed by atoms with Crippen molar-refractivity contribution < 1.29 is 9.53 Å². The number of amides is 1. The number of carbonyl (C=O) groups is 1. The van der Waals surface area contributed by atoms with Crippen LogP contribution in [0, 0.1) is 5.92 Å². The van der Waals surface area contributed by atoms with E-state index >= 15 is 0 Å². The van der Waals surface area contributed by atoms with Gasteiger partial charge in [-0.15, -0.1) is 6.58 Å². The lowest BCUT2D eigenvalue weighted by Gasteiger charge is -2.19. The van der Waals surface area contributed by atoms with Crippen LogP contribution < -0.4 is 5.73 Å². The van der Waals surface area contributed by atoms with Gasteiger partial charge in [0.1, 0.15) is 6.10 Å². The minimum absolute atomic E-state index is 0.170. The molecular weight excluding hydrogens is 322 g/mol. The summed E-state index contributed by atoms with van der Waals surface area (Å²) in [5, 5.41) is 0. The van der Waals surface area contributed by atoms with Gasteiger partial charge in [-0.2, -0.15) is 0 Å². The van der Waals surface area contributed by atoms with E-state index in [1.165, 1.54) is 96.3 Å². The number of nitrogens with two attached hydrogens (primary N) is 1. The topological polar surface area (TPSA) is 52.3 Å². The van der Waals surface area contributed by atoms with E-state index in [1.807, 2.05) is 13.0 Å². The van der Waals surface area contributed by atoms with Crippen LogP contribution in [0.1, 0.15) is 117 Å². The van der Waals surface area contributed by atoms with Gasteiger partial charge in [0, 0.05) is 5.92 Å². The van der Waals surface area contributed by atoms with Gasteiger partial charge < -0.3 is 10.5 Å². The molecule has 0 radical (unpaired) electrons. The quantitative estimate of drug-likeness (QED) is 0.189. The molecule has 0 aliphatic carbocycles. The van der Waals surface area contributed by atoms with Gasteiger partial charge in [-0.3, -0.25) is 0 Å². The molecule has 3 heteroatoms. The molecular formula is C23H45NO2. The summed E-state index contributed by atoms with van der Waals surface area (Å²) >= 11 is 0. The van der Waals surface area contributed by atoms with Crippen LogP contribution in [-0.4, -0.2) is 12.2 Å². The first-order chi connectivity index (χ1) is 12.6. The van der Waals surface area contributed by atoms with Crippen LogP contribution in [0.3, 0.4) is 0 Å². The van der Waals surface area contributed by atoms with Gasteiger partial charge in [0.2, 0.25) is 0 Å². The number of primary amides is 1. The van der Waals surface area contributed by atoms with E-state index in [4.69, 9.17) is 10.5 Å². The zero-order valence-electron chi connectivity index (χ0n) is 17.6. The highest BCUT2D eigenvalue weighted by Crippen LogP contribution is 2.19. The molecule has 0 rings (SSSR count). The van der Waals surface area contributed by atoms with Crippen LogP contribution >= 0.6 is 0 Å². The average Bonchev–Trinajstić information content (AvgIpc) is 2.60. The fourth-order valence-corrected chi connectivity index (χ4v) is 3.57. The molecule has 0 aliphatic rings. The van der Waals surface area contributed by atoms with Crippen LogP contribution in [0.4, 0.5) is 4.79 Å². The number of unbranched alkanes of at least 4 members (excludes halogenated alkanes) is 14. The Morgan fingerprint density at radius 1 is 0.846 bits per heavy atom. The third kappa shape index (κ3) is 16.5. The smallest absolute Gasteiger partial charge is 0.404 e. The van der Waals surface area contributed by atoms with Crippen LogP contribution in [0.15, 0.2) is 12.7 Å². The second-order valence-corrected chi connectivity index (χ2v) is 7.78. The zero-order chi connectivity index (χ0) is 19.5. The minimum Gasteiger partial charge on any atom is -0.446 e. The number of hydrogen-bond donors (Lipinski definition) is 1. The Labute approximate surface area is 163 Å². The molecule has 1 amide bonds. The fourth-order valence-electron chi connectivity index (χ4n) is 3.57. The number of rotatable bonds is 19. The van der Waals surface area contributed by atoms with Crippen molar-refractivity contribution in [3.63, 3.8) is 0 Å². The lowest BCUT2D eigenvalue weighted by Crippen LogP contribution is -2.26. The van der Waals surface area contributed by atoms with Crippen molar-refractivity contribution in [3.05, 3.63) is 12.7 Å². The van der Waals surface area contributed by atoms with E-state index in [0.29, 0.717) is 0 Å². The fraction of sp³-hybridized carbons (Fsp3) is 0.870. The normalized spacial score (nSPS) is 13.3. The molecule has 0 fully saturated rings. The first kappa shape index (κ1) is 25.0. The summed E-state index contributed by atoms with van der Waals surface area (Å²) in [4.78, 5) is 10.8. The highest BCUT2D eigenvalue weighted by molar-refractivity contribution is 5.64. The maximum absolute atomic E-state index is 10.8. The Balaban J connectivity index is 3.32. The minimum atomic E-state index is -0.694. The Morgan fingerprint density at radius 2 is 1.23 bits per heavy atom. The molecule has 154 valence electrons. The maximum Gasteiger partial charge on any atom is 0.404 e. The van der Waals surface area contributed by atoms with Crippen LogP contribution in [0.2, 0.25) is 0 Å². The lowest BCUT2D eigenvalue weighted by atomic mass is 9.95. The van der Waals surface area contributed by atoms with Crippen molar-refractivity contribution in [2.75, 3.05) is 0 Å². The number of carbonyl (C=O) groups excluding carboxylic acids is 1. The first-order valence-corrected chi connectivity index (χ1v) is 11.2. The average molecular weight is 368 g/mol. The Hall–Kier alpha value is -0.990. The summed E-state index contributed by atoms with van der Waals surface area (Å²) in [7, 11) is 0. The van der Waals surface area contributed by atoms with Gasteiger partial charge in [0.25, 0.3) is 0 Å². The Morgan fingerprint density at radius 3 is 1.58 bits per heavy atom. The molecule has 0 saturated heterocycles. The van der Waals surface area contributed by atoms with E-state index < -0.39 is 6.09 Å². The van der Waals surface area contributed by atoms with Crippen molar-refractivity contribution in [1.29, 1.82) is 0 Å². The molecule has 0 heterocycles. The standard InChI is InChI=1S/C23H45NO2/c1-4-6-7-8-9-10-11-12-13-14-15-16-17-18-19-20-22(5-2)21(3)26-23(24)25/h5,21-22H,2,4,6-20H2,1,3H3,(H2,24,25). The van der Waals surface area contributed by atoms with Gasteiger partial charge in [-0.25, -0.2) is 4.79 Å². The van der Waals surface area contributed by atoms with Crippen molar-refractivity contribution >= 4 is 6.09 Å². The van der Waals surface area contributed by atoms with Gasteiger partial charge in [0.05, 0.1) is 0 Å². The van der Waals surface area contributed by atoms with Crippen molar-refractivity contribution in [2.45, 2.75) is 123 Å². The van der Waals surface area contributed by atoms with Gasteiger partial charge in [-0.05, 0) is 13.3 Å². The summed E-state index contributed by atoms with van der Waals surface area (Å²) in [6.45, 7) is 8.01. The van der Waals surface area contributed by atoms with E-state index in [2.05, 4.69) is 13.5 Å². The predicted octanol–water partition coefficient (Wildman–Crippen LogP) is 7.53. The van der Waals surface area contributed by atoms with Gasteiger partial charge in [-0.1, -0.05) is 109 Å². The third-order valence-electron chi connectivity index (χ3n) is 5.35. The van der Waals surface area contributed by atoms with Gasteiger partial charge >= 0.3 is 6.09 Å². The van der Waals surface area contributed by atoms with E-state index in [1.54, 1.807) is 0 Å². The molecule has 0 aromatic rings. The molecule has 0 saturated carbocycles. The van der Waals surface area contributed by atoms with Crippen LogP contribution in [-0.2, 0) is 4.74 Å². The molecule has 2 unspecified atom stereocenters. The SMILES string of the molecule is C=CC(CCCCCCCCCCCCCCCCC)C(C)OC(N)=O. The second-order valence-electron chi connectivity index (χ2n) is 7.78. The largest absolute Gasteiger partial charge is 0.446 e. The van der Waals surface area contributed by atoms with Crippen molar-refractivity contribution in [2.24, 2.45) is 11.7 Å². The first-order valence-electron chi connectivity index (χ1n) is 11.2.